The maximum absolute atomic E-state index is 13.4. The molecule has 0 fully saturated rings. The summed E-state index contributed by atoms with van der Waals surface area (Å²) in [5, 5.41) is 3.24. The van der Waals surface area contributed by atoms with Gasteiger partial charge in [0.25, 0.3) is 0 Å². The normalized spacial score (nSPS) is 12.4. The second kappa shape index (κ2) is 5.89. The lowest BCUT2D eigenvalue weighted by Gasteiger charge is -2.20. The summed E-state index contributed by atoms with van der Waals surface area (Å²) in [6.07, 6.45) is 2.76. The third kappa shape index (κ3) is 3.15. The number of nitrogens with one attached hydrogen (secondary N) is 1. The van der Waals surface area contributed by atoms with E-state index < -0.39 is 5.82 Å². The molecule has 0 aliphatic carbocycles. The smallest absolute Gasteiger partial charge is 0.141 e. The Balaban J connectivity index is 2.48. The maximum Gasteiger partial charge on any atom is 0.141 e. The van der Waals surface area contributed by atoms with Crippen molar-refractivity contribution < 1.29 is 8.78 Å². The van der Waals surface area contributed by atoms with Crippen LogP contribution in [0.5, 0.6) is 0 Å². The van der Waals surface area contributed by atoms with Gasteiger partial charge in [0, 0.05) is 6.20 Å². The first kappa shape index (κ1) is 13.6. The Kier molecular flexibility index (Phi) is 4.22. The van der Waals surface area contributed by atoms with E-state index in [1.54, 1.807) is 12.3 Å². The molecule has 0 aliphatic heterocycles. The number of aryl methyl sites for hydroxylation is 1. The number of nitrogens with zero attached hydrogens (tertiary/aromatic N) is 1. The van der Waals surface area contributed by atoms with E-state index in [9.17, 15) is 8.78 Å². The Morgan fingerprint density at radius 1 is 1.16 bits per heavy atom. The molecule has 0 saturated heterocycles. The standard InChI is InChI=1S/C15H16F2N2/c1-3-19-15(11-6-13(17)9-18-8-11)14-7-12(16)5-4-10(14)2/h4-9,15,19H,3H2,1-2H3. The minimum absolute atomic E-state index is 0.260. The summed E-state index contributed by atoms with van der Waals surface area (Å²) in [6.45, 7) is 4.55. The van der Waals surface area contributed by atoms with E-state index in [2.05, 4.69) is 10.3 Å². The van der Waals surface area contributed by atoms with Gasteiger partial charge in [-0.2, -0.15) is 0 Å². The van der Waals surface area contributed by atoms with Crippen LogP contribution in [0.3, 0.4) is 0 Å². The molecule has 1 atom stereocenters. The molecule has 1 aromatic heterocycles. The monoisotopic (exact) mass is 262 g/mol. The van der Waals surface area contributed by atoms with Crippen LogP contribution in [0.25, 0.3) is 0 Å². The van der Waals surface area contributed by atoms with Crippen LogP contribution >= 0.6 is 0 Å². The van der Waals surface area contributed by atoms with Gasteiger partial charge in [-0.3, -0.25) is 4.98 Å². The fourth-order valence-electron chi connectivity index (χ4n) is 2.12. The van der Waals surface area contributed by atoms with E-state index >= 15 is 0 Å². The fraction of sp³-hybridized carbons (Fsp3) is 0.267. The lowest BCUT2D eigenvalue weighted by atomic mass is 9.96. The molecular formula is C15H16F2N2. The second-order valence-corrected chi connectivity index (χ2v) is 4.43. The average Bonchev–Trinajstić information content (AvgIpc) is 2.39. The molecule has 4 heteroatoms. The van der Waals surface area contributed by atoms with E-state index in [1.165, 1.54) is 18.2 Å². The zero-order valence-electron chi connectivity index (χ0n) is 11.0. The number of pyridine rings is 1. The lowest BCUT2D eigenvalue weighted by Crippen LogP contribution is -2.23. The quantitative estimate of drug-likeness (QED) is 0.913. The predicted molar refractivity (Wildman–Crippen MR) is 70.9 cm³/mol. The van der Waals surface area contributed by atoms with Gasteiger partial charge in [0.15, 0.2) is 0 Å². The number of aromatic nitrogens is 1. The van der Waals surface area contributed by atoms with Gasteiger partial charge in [-0.1, -0.05) is 13.0 Å². The zero-order chi connectivity index (χ0) is 13.8. The Hall–Kier alpha value is -1.81. The minimum atomic E-state index is -0.394. The van der Waals surface area contributed by atoms with Crippen LogP contribution in [0, 0.1) is 18.6 Å². The van der Waals surface area contributed by atoms with Crippen molar-refractivity contribution in [2.45, 2.75) is 19.9 Å². The summed E-state index contributed by atoms with van der Waals surface area (Å²) < 4.78 is 26.7. The SMILES string of the molecule is CCNC(c1cncc(F)c1)c1cc(F)ccc1C. The number of halogens is 2. The minimum Gasteiger partial charge on any atom is -0.306 e. The van der Waals surface area contributed by atoms with Crippen LogP contribution in [0.2, 0.25) is 0 Å². The number of hydrogen-bond donors (Lipinski definition) is 1. The van der Waals surface area contributed by atoms with Crippen molar-refractivity contribution in [3.8, 4) is 0 Å². The van der Waals surface area contributed by atoms with Crippen molar-refractivity contribution in [2.75, 3.05) is 6.54 Å². The van der Waals surface area contributed by atoms with E-state index in [-0.39, 0.29) is 11.9 Å². The maximum atomic E-state index is 13.4. The van der Waals surface area contributed by atoms with Gasteiger partial charge in [0.05, 0.1) is 12.2 Å². The molecule has 1 N–H and O–H groups in total. The highest BCUT2D eigenvalue weighted by atomic mass is 19.1. The molecule has 0 aliphatic rings. The van der Waals surface area contributed by atoms with Gasteiger partial charge in [-0.15, -0.1) is 0 Å². The highest BCUT2D eigenvalue weighted by Gasteiger charge is 2.16. The highest BCUT2D eigenvalue weighted by molar-refractivity contribution is 5.36. The highest BCUT2D eigenvalue weighted by Crippen LogP contribution is 2.25. The Morgan fingerprint density at radius 2 is 1.95 bits per heavy atom. The molecule has 0 radical (unpaired) electrons. The van der Waals surface area contributed by atoms with Crippen LogP contribution in [-0.2, 0) is 0 Å². The number of rotatable bonds is 4. The largest absolute Gasteiger partial charge is 0.306 e. The van der Waals surface area contributed by atoms with Gasteiger partial charge in [-0.25, -0.2) is 8.78 Å². The van der Waals surface area contributed by atoms with Crippen molar-refractivity contribution in [3.05, 3.63) is 65.0 Å². The molecule has 0 spiro atoms. The van der Waals surface area contributed by atoms with Crippen molar-refractivity contribution in [1.29, 1.82) is 0 Å². The second-order valence-electron chi connectivity index (χ2n) is 4.43. The Morgan fingerprint density at radius 3 is 2.63 bits per heavy atom. The predicted octanol–water partition coefficient (Wildman–Crippen LogP) is 3.37. The van der Waals surface area contributed by atoms with E-state index in [1.807, 2.05) is 13.8 Å². The summed E-state index contributed by atoms with van der Waals surface area (Å²) >= 11 is 0. The Labute approximate surface area is 111 Å². The summed E-state index contributed by atoms with van der Waals surface area (Å²) in [5.41, 5.74) is 2.45. The summed E-state index contributed by atoms with van der Waals surface area (Å²) in [7, 11) is 0. The van der Waals surface area contributed by atoms with Crippen LogP contribution in [0.4, 0.5) is 8.78 Å². The number of hydrogen-bond acceptors (Lipinski definition) is 2. The van der Waals surface area contributed by atoms with Crippen LogP contribution < -0.4 is 5.32 Å². The topological polar surface area (TPSA) is 24.9 Å². The molecule has 1 unspecified atom stereocenters. The summed E-state index contributed by atoms with van der Waals surface area (Å²) in [5.74, 6) is -0.692. The first-order valence-corrected chi connectivity index (χ1v) is 6.21. The van der Waals surface area contributed by atoms with Crippen molar-refractivity contribution >= 4 is 0 Å². The molecular weight excluding hydrogens is 246 g/mol. The molecule has 0 amide bonds. The molecule has 2 nitrogen and oxygen atoms in total. The van der Waals surface area contributed by atoms with Crippen LogP contribution in [0.1, 0.15) is 29.7 Å². The molecule has 1 heterocycles. The van der Waals surface area contributed by atoms with E-state index in [0.717, 1.165) is 17.3 Å². The summed E-state index contributed by atoms with van der Waals surface area (Å²) in [6, 6.07) is 5.79. The first-order chi connectivity index (χ1) is 9.11. The van der Waals surface area contributed by atoms with Crippen molar-refractivity contribution in [1.82, 2.24) is 10.3 Å². The zero-order valence-corrected chi connectivity index (χ0v) is 11.0. The molecule has 0 saturated carbocycles. The van der Waals surface area contributed by atoms with Gasteiger partial charge in [0.1, 0.15) is 11.6 Å². The van der Waals surface area contributed by atoms with Crippen molar-refractivity contribution in [2.24, 2.45) is 0 Å². The molecule has 2 rings (SSSR count). The van der Waals surface area contributed by atoms with Gasteiger partial charge < -0.3 is 5.32 Å². The first-order valence-electron chi connectivity index (χ1n) is 6.21. The van der Waals surface area contributed by atoms with Gasteiger partial charge in [0.2, 0.25) is 0 Å². The molecule has 19 heavy (non-hydrogen) atoms. The van der Waals surface area contributed by atoms with Crippen LogP contribution in [-0.4, -0.2) is 11.5 Å². The number of benzene rings is 1. The fourth-order valence-corrected chi connectivity index (χ4v) is 2.12. The van der Waals surface area contributed by atoms with E-state index in [4.69, 9.17) is 0 Å². The molecule has 2 aromatic rings. The lowest BCUT2D eigenvalue weighted by molar-refractivity contribution is 0.586. The molecule has 0 bridgehead atoms. The van der Waals surface area contributed by atoms with Crippen LogP contribution in [0.15, 0.2) is 36.7 Å². The third-order valence-electron chi connectivity index (χ3n) is 3.02. The van der Waals surface area contributed by atoms with E-state index in [0.29, 0.717) is 12.1 Å². The van der Waals surface area contributed by atoms with Gasteiger partial charge in [-0.05, 0) is 48.4 Å². The molecule has 1 aromatic carbocycles. The van der Waals surface area contributed by atoms with Gasteiger partial charge >= 0.3 is 0 Å². The van der Waals surface area contributed by atoms with Crippen molar-refractivity contribution in [3.63, 3.8) is 0 Å². The average molecular weight is 262 g/mol. The third-order valence-corrected chi connectivity index (χ3v) is 3.02. The summed E-state index contributed by atoms with van der Waals surface area (Å²) in [4.78, 5) is 3.86. The Bertz CT molecular complexity index is 570. The molecule has 100 valence electrons.